The van der Waals surface area contributed by atoms with Crippen molar-refractivity contribution in [2.24, 2.45) is 0 Å². The third-order valence-corrected chi connectivity index (χ3v) is 9.31. The molecule has 0 atom stereocenters. The highest BCUT2D eigenvalue weighted by Crippen LogP contribution is 2.37. The second-order valence-electron chi connectivity index (χ2n) is 12.5. The third-order valence-electron chi connectivity index (χ3n) is 9.31. The van der Waals surface area contributed by atoms with Crippen molar-refractivity contribution in [1.29, 1.82) is 0 Å². The van der Waals surface area contributed by atoms with Crippen LogP contribution in [0.15, 0.2) is 188 Å². The molecule has 0 spiro atoms. The Labute approximate surface area is 291 Å². The SMILES string of the molecule is c1ccc(-c2ccc(-c3cc(-c4ccccc4)nc(-c4ccc(-c5cc(-c6ccccc6)nc6ccc7ccccc7c56)cc4)n3)cc2)cc1. The number of pyridine rings is 1. The van der Waals surface area contributed by atoms with Crippen LogP contribution in [0.4, 0.5) is 0 Å². The van der Waals surface area contributed by atoms with Gasteiger partial charge in [-0.1, -0.05) is 170 Å². The van der Waals surface area contributed by atoms with Gasteiger partial charge in [0.1, 0.15) is 0 Å². The van der Waals surface area contributed by atoms with Crippen molar-refractivity contribution in [3.05, 3.63) is 188 Å². The summed E-state index contributed by atoms with van der Waals surface area (Å²) < 4.78 is 0. The summed E-state index contributed by atoms with van der Waals surface area (Å²) in [5.41, 5.74) is 12.5. The van der Waals surface area contributed by atoms with E-state index in [0.29, 0.717) is 5.82 Å². The fraction of sp³-hybridized carbons (Fsp3) is 0. The predicted octanol–water partition coefficient (Wildman–Crippen LogP) is 12.2. The van der Waals surface area contributed by atoms with Crippen molar-refractivity contribution in [3.63, 3.8) is 0 Å². The molecule has 0 N–H and O–H groups in total. The molecule has 3 heteroatoms. The molecule has 0 saturated heterocycles. The molecule has 234 valence electrons. The first-order valence-electron chi connectivity index (χ1n) is 16.9. The van der Waals surface area contributed by atoms with Gasteiger partial charge in [-0.05, 0) is 51.2 Å². The van der Waals surface area contributed by atoms with E-state index in [4.69, 9.17) is 15.0 Å². The van der Waals surface area contributed by atoms with Crippen LogP contribution in [-0.2, 0) is 0 Å². The van der Waals surface area contributed by atoms with Gasteiger partial charge in [0.05, 0.1) is 22.6 Å². The van der Waals surface area contributed by atoms with Crippen molar-refractivity contribution < 1.29 is 0 Å². The molecule has 2 aromatic heterocycles. The highest BCUT2D eigenvalue weighted by atomic mass is 14.9. The lowest BCUT2D eigenvalue weighted by Gasteiger charge is -2.14. The topological polar surface area (TPSA) is 38.7 Å². The standard InChI is InChI=1S/C47H31N3/c1-4-12-32(13-5-1)33-20-24-38(25-21-33)45-31-44(37-17-8-3-9-18-37)49-47(50-45)39-26-22-35(23-27-39)41-30-43(36-15-6-2-7-16-36)48-42-29-28-34-14-10-11-19-40(34)46(41)42/h1-31H. The van der Waals surface area contributed by atoms with Crippen LogP contribution in [0.2, 0.25) is 0 Å². The van der Waals surface area contributed by atoms with Crippen LogP contribution in [0, 0.1) is 0 Å². The first-order valence-corrected chi connectivity index (χ1v) is 16.9. The van der Waals surface area contributed by atoms with Gasteiger partial charge in [-0.3, -0.25) is 0 Å². The first kappa shape index (κ1) is 29.4. The van der Waals surface area contributed by atoms with Crippen molar-refractivity contribution in [2.75, 3.05) is 0 Å². The highest BCUT2D eigenvalue weighted by Gasteiger charge is 2.15. The third kappa shape index (κ3) is 5.61. The van der Waals surface area contributed by atoms with Crippen LogP contribution in [0.25, 0.3) is 89.1 Å². The molecule has 0 aliphatic carbocycles. The summed E-state index contributed by atoms with van der Waals surface area (Å²) in [6, 6.07) is 65.6. The van der Waals surface area contributed by atoms with E-state index in [9.17, 15) is 0 Å². The minimum atomic E-state index is 0.690. The Morgan fingerprint density at radius 3 is 1.40 bits per heavy atom. The molecule has 7 aromatic carbocycles. The fourth-order valence-electron chi connectivity index (χ4n) is 6.74. The molecule has 0 aliphatic rings. The maximum atomic E-state index is 5.13. The number of benzene rings is 7. The van der Waals surface area contributed by atoms with E-state index in [1.807, 2.05) is 30.3 Å². The lowest BCUT2D eigenvalue weighted by Crippen LogP contribution is -1.96. The summed E-state index contributed by atoms with van der Waals surface area (Å²) in [5.74, 6) is 0.690. The number of fused-ring (bicyclic) bond motifs is 3. The van der Waals surface area contributed by atoms with E-state index < -0.39 is 0 Å². The lowest BCUT2D eigenvalue weighted by molar-refractivity contribution is 1.18. The van der Waals surface area contributed by atoms with Gasteiger partial charge < -0.3 is 0 Å². The molecule has 0 aliphatic heterocycles. The second-order valence-corrected chi connectivity index (χ2v) is 12.5. The molecular weight excluding hydrogens is 607 g/mol. The fourth-order valence-corrected chi connectivity index (χ4v) is 6.74. The molecule has 9 aromatic rings. The predicted molar refractivity (Wildman–Crippen MR) is 207 cm³/mol. The van der Waals surface area contributed by atoms with E-state index >= 15 is 0 Å². The zero-order chi connectivity index (χ0) is 33.3. The normalized spacial score (nSPS) is 11.2. The Morgan fingerprint density at radius 2 is 0.760 bits per heavy atom. The maximum absolute atomic E-state index is 5.13. The minimum Gasteiger partial charge on any atom is -0.248 e. The molecule has 0 bridgehead atoms. The highest BCUT2D eigenvalue weighted by molar-refractivity contribution is 6.13. The zero-order valence-electron chi connectivity index (χ0n) is 27.2. The van der Waals surface area contributed by atoms with Crippen LogP contribution < -0.4 is 0 Å². The Hall–Kier alpha value is -6.71. The van der Waals surface area contributed by atoms with Crippen molar-refractivity contribution in [3.8, 4) is 67.4 Å². The summed E-state index contributed by atoms with van der Waals surface area (Å²) in [6.45, 7) is 0. The monoisotopic (exact) mass is 637 g/mol. The maximum Gasteiger partial charge on any atom is 0.160 e. The molecule has 3 nitrogen and oxygen atoms in total. The summed E-state index contributed by atoms with van der Waals surface area (Å²) in [6.07, 6.45) is 0. The molecule has 0 unspecified atom stereocenters. The van der Waals surface area contributed by atoms with Gasteiger partial charge in [-0.2, -0.15) is 0 Å². The average molecular weight is 638 g/mol. The van der Waals surface area contributed by atoms with Gasteiger partial charge in [0, 0.05) is 27.6 Å². The molecular formula is C47H31N3. The molecule has 0 amide bonds. The van der Waals surface area contributed by atoms with Gasteiger partial charge in [0.25, 0.3) is 0 Å². The van der Waals surface area contributed by atoms with Gasteiger partial charge in [-0.15, -0.1) is 0 Å². The first-order chi connectivity index (χ1) is 24.8. The summed E-state index contributed by atoms with van der Waals surface area (Å²) in [7, 11) is 0. The van der Waals surface area contributed by atoms with Gasteiger partial charge >= 0.3 is 0 Å². The summed E-state index contributed by atoms with van der Waals surface area (Å²) in [4.78, 5) is 15.3. The average Bonchev–Trinajstić information content (AvgIpc) is 3.21. The smallest absolute Gasteiger partial charge is 0.160 e. The number of hydrogen-bond donors (Lipinski definition) is 0. The largest absolute Gasteiger partial charge is 0.248 e. The van der Waals surface area contributed by atoms with Gasteiger partial charge in [0.2, 0.25) is 0 Å². The van der Waals surface area contributed by atoms with Crippen molar-refractivity contribution in [1.82, 2.24) is 15.0 Å². The van der Waals surface area contributed by atoms with Crippen LogP contribution in [-0.4, -0.2) is 15.0 Å². The van der Waals surface area contributed by atoms with E-state index in [-0.39, 0.29) is 0 Å². The number of aromatic nitrogens is 3. The lowest BCUT2D eigenvalue weighted by atomic mass is 9.94. The molecule has 50 heavy (non-hydrogen) atoms. The molecule has 0 saturated carbocycles. The number of nitrogens with zero attached hydrogens (tertiary/aromatic N) is 3. The molecule has 2 heterocycles. The Balaban J connectivity index is 1.16. The Kier molecular flexibility index (Phi) is 7.49. The number of hydrogen-bond acceptors (Lipinski definition) is 3. The molecule has 9 rings (SSSR count). The summed E-state index contributed by atoms with van der Waals surface area (Å²) in [5, 5.41) is 3.54. The summed E-state index contributed by atoms with van der Waals surface area (Å²) >= 11 is 0. The Morgan fingerprint density at radius 1 is 0.300 bits per heavy atom. The second kappa shape index (κ2) is 12.7. The number of rotatable bonds is 6. The van der Waals surface area contributed by atoms with Crippen LogP contribution >= 0.6 is 0 Å². The minimum absolute atomic E-state index is 0.690. The van der Waals surface area contributed by atoms with Crippen molar-refractivity contribution in [2.45, 2.75) is 0 Å². The van der Waals surface area contributed by atoms with Crippen LogP contribution in [0.1, 0.15) is 0 Å². The van der Waals surface area contributed by atoms with E-state index in [2.05, 4.69) is 158 Å². The van der Waals surface area contributed by atoms with E-state index in [0.717, 1.165) is 61.4 Å². The van der Waals surface area contributed by atoms with E-state index in [1.165, 1.54) is 21.9 Å². The van der Waals surface area contributed by atoms with E-state index in [1.54, 1.807) is 0 Å². The molecule has 0 fully saturated rings. The van der Waals surface area contributed by atoms with Crippen LogP contribution in [0.5, 0.6) is 0 Å². The van der Waals surface area contributed by atoms with Gasteiger partial charge in [0.15, 0.2) is 5.82 Å². The molecule has 0 radical (unpaired) electrons. The van der Waals surface area contributed by atoms with Crippen LogP contribution in [0.3, 0.4) is 0 Å². The van der Waals surface area contributed by atoms with Gasteiger partial charge in [-0.25, -0.2) is 15.0 Å². The Bertz CT molecular complexity index is 2600. The van der Waals surface area contributed by atoms with Crippen molar-refractivity contribution >= 4 is 21.7 Å². The zero-order valence-corrected chi connectivity index (χ0v) is 27.2. The quantitative estimate of drug-likeness (QED) is 0.170.